The quantitative estimate of drug-likeness (QED) is 0.674. The van der Waals surface area contributed by atoms with Gasteiger partial charge < -0.3 is 20.5 Å². The third kappa shape index (κ3) is 5.14. The average molecular weight is 316 g/mol. The first-order valence-corrected chi connectivity index (χ1v) is 7.35. The fourth-order valence-corrected chi connectivity index (χ4v) is 1.83. The molecule has 0 aliphatic rings. The lowest BCUT2D eigenvalue weighted by Gasteiger charge is -2.13. The Morgan fingerprint density at radius 2 is 1.87 bits per heavy atom. The lowest BCUT2D eigenvalue weighted by Crippen LogP contribution is -2.29. The van der Waals surface area contributed by atoms with Crippen LogP contribution in [0.1, 0.15) is 24.2 Å². The summed E-state index contributed by atoms with van der Waals surface area (Å²) >= 11 is 0. The molecule has 0 aliphatic carbocycles. The largest absolute Gasteiger partial charge is 0.508 e. The topological polar surface area (TPSA) is 96.4 Å². The molecule has 1 aromatic carbocycles. The molecule has 23 heavy (non-hydrogen) atoms. The second kappa shape index (κ2) is 7.98. The van der Waals surface area contributed by atoms with Gasteiger partial charge in [0, 0.05) is 31.0 Å². The number of rotatable bonds is 7. The number of ether oxygens (including phenoxy) is 1. The summed E-state index contributed by atoms with van der Waals surface area (Å²) in [7, 11) is 0. The van der Waals surface area contributed by atoms with Crippen molar-refractivity contribution in [2.45, 2.75) is 20.0 Å². The summed E-state index contributed by atoms with van der Waals surface area (Å²) in [5.74, 6) is 0.903. The lowest BCUT2D eigenvalue weighted by atomic mass is 10.2. The molecule has 0 radical (unpaired) electrons. The third-order valence-corrected chi connectivity index (χ3v) is 2.84. The lowest BCUT2D eigenvalue weighted by molar-refractivity contribution is 0.0955. The molecule has 0 atom stereocenters. The Balaban J connectivity index is 1.81. The van der Waals surface area contributed by atoms with E-state index < -0.39 is 0 Å². The monoisotopic (exact) mass is 316 g/mol. The Bertz CT molecular complexity index is 644. The van der Waals surface area contributed by atoms with Gasteiger partial charge in [0.05, 0.1) is 6.10 Å². The molecule has 0 unspecified atom stereocenters. The van der Waals surface area contributed by atoms with Crippen molar-refractivity contribution in [2.24, 2.45) is 0 Å². The molecule has 1 heterocycles. The molecule has 0 bridgehead atoms. The molecule has 122 valence electrons. The van der Waals surface area contributed by atoms with Crippen molar-refractivity contribution < 1.29 is 14.6 Å². The SMILES string of the molecule is CC(C)Oc1nccnc1NCCNC(=O)c1ccc(O)cc1. The Kier molecular flexibility index (Phi) is 5.74. The predicted octanol–water partition coefficient (Wildman–Crippen LogP) is 1.81. The molecule has 7 heteroatoms. The number of nitrogens with zero attached hydrogens (tertiary/aromatic N) is 2. The van der Waals surface area contributed by atoms with E-state index in [0.717, 1.165) is 0 Å². The maximum atomic E-state index is 11.9. The molecular formula is C16H20N4O3. The Morgan fingerprint density at radius 3 is 2.57 bits per heavy atom. The van der Waals surface area contributed by atoms with Gasteiger partial charge in [-0.05, 0) is 38.1 Å². The molecule has 1 aromatic heterocycles. The van der Waals surface area contributed by atoms with E-state index in [1.165, 1.54) is 12.1 Å². The van der Waals surface area contributed by atoms with Crippen LogP contribution in [-0.2, 0) is 0 Å². The summed E-state index contributed by atoms with van der Waals surface area (Å²) in [6.45, 7) is 4.72. The highest BCUT2D eigenvalue weighted by atomic mass is 16.5. The van der Waals surface area contributed by atoms with Crippen LogP contribution >= 0.6 is 0 Å². The molecule has 0 saturated carbocycles. The van der Waals surface area contributed by atoms with Crippen LogP contribution in [0.4, 0.5) is 5.82 Å². The number of aromatic nitrogens is 2. The van der Waals surface area contributed by atoms with E-state index in [9.17, 15) is 9.90 Å². The molecule has 2 aromatic rings. The molecule has 0 aliphatic heterocycles. The zero-order valence-corrected chi connectivity index (χ0v) is 13.1. The van der Waals surface area contributed by atoms with E-state index in [4.69, 9.17) is 4.74 Å². The molecule has 3 N–H and O–H groups in total. The number of benzene rings is 1. The van der Waals surface area contributed by atoms with Gasteiger partial charge in [-0.3, -0.25) is 4.79 Å². The van der Waals surface area contributed by atoms with Crippen molar-refractivity contribution in [3.05, 3.63) is 42.2 Å². The highest BCUT2D eigenvalue weighted by Crippen LogP contribution is 2.18. The fourth-order valence-electron chi connectivity index (χ4n) is 1.83. The first kappa shape index (κ1) is 16.5. The fraction of sp³-hybridized carbons (Fsp3) is 0.312. The maximum Gasteiger partial charge on any atom is 0.257 e. The van der Waals surface area contributed by atoms with Gasteiger partial charge in [-0.2, -0.15) is 0 Å². The minimum atomic E-state index is -0.204. The van der Waals surface area contributed by atoms with E-state index in [-0.39, 0.29) is 17.8 Å². The van der Waals surface area contributed by atoms with Gasteiger partial charge in [0.25, 0.3) is 11.8 Å². The summed E-state index contributed by atoms with van der Waals surface area (Å²) in [5.41, 5.74) is 0.492. The summed E-state index contributed by atoms with van der Waals surface area (Å²) < 4.78 is 5.56. The number of carbonyl (C=O) groups excluding carboxylic acids is 1. The van der Waals surface area contributed by atoms with Crippen LogP contribution in [0.25, 0.3) is 0 Å². The van der Waals surface area contributed by atoms with Gasteiger partial charge >= 0.3 is 0 Å². The summed E-state index contributed by atoms with van der Waals surface area (Å²) in [6.07, 6.45) is 3.14. The van der Waals surface area contributed by atoms with Crippen molar-refractivity contribution in [1.29, 1.82) is 0 Å². The van der Waals surface area contributed by atoms with E-state index >= 15 is 0 Å². The van der Waals surface area contributed by atoms with Gasteiger partial charge in [-0.25, -0.2) is 9.97 Å². The molecule has 7 nitrogen and oxygen atoms in total. The molecule has 0 spiro atoms. The van der Waals surface area contributed by atoms with E-state index in [2.05, 4.69) is 20.6 Å². The molecule has 0 saturated heterocycles. The van der Waals surface area contributed by atoms with Crippen molar-refractivity contribution >= 4 is 11.7 Å². The number of phenols is 1. The highest BCUT2D eigenvalue weighted by molar-refractivity contribution is 5.94. The molecule has 0 fully saturated rings. The summed E-state index contributed by atoms with van der Waals surface area (Å²) in [4.78, 5) is 20.2. The van der Waals surface area contributed by atoms with Crippen molar-refractivity contribution in [2.75, 3.05) is 18.4 Å². The van der Waals surface area contributed by atoms with Gasteiger partial charge in [0.1, 0.15) is 5.75 Å². The molecule has 1 amide bonds. The second-order valence-electron chi connectivity index (χ2n) is 5.11. The Labute approximate surface area is 134 Å². The van der Waals surface area contributed by atoms with Crippen molar-refractivity contribution in [1.82, 2.24) is 15.3 Å². The third-order valence-electron chi connectivity index (χ3n) is 2.84. The van der Waals surface area contributed by atoms with E-state index in [1.807, 2.05) is 13.8 Å². The molecular weight excluding hydrogens is 296 g/mol. The minimum absolute atomic E-state index is 0.00134. The van der Waals surface area contributed by atoms with Gasteiger partial charge in [-0.1, -0.05) is 0 Å². The van der Waals surface area contributed by atoms with E-state index in [1.54, 1.807) is 24.5 Å². The number of carbonyl (C=O) groups is 1. The standard InChI is InChI=1S/C16H20N4O3/c1-11(2)23-16-14(18-8-10-20-16)17-7-9-19-15(22)12-3-5-13(21)6-4-12/h3-6,8,10-11,21H,7,9H2,1-2H3,(H,17,18)(H,19,22). The average Bonchev–Trinajstić information content (AvgIpc) is 2.53. The van der Waals surface area contributed by atoms with Crippen molar-refractivity contribution in [3.63, 3.8) is 0 Å². The van der Waals surface area contributed by atoms with Crippen LogP contribution in [0.2, 0.25) is 0 Å². The Hall–Kier alpha value is -2.83. The van der Waals surface area contributed by atoms with Crippen LogP contribution in [0.5, 0.6) is 11.6 Å². The normalized spacial score (nSPS) is 10.4. The summed E-state index contributed by atoms with van der Waals surface area (Å²) in [5, 5.41) is 15.1. The number of hydrogen-bond acceptors (Lipinski definition) is 6. The zero-order valence-electron chi connectivity index (χ0n) is 13.1. The second-order valence-corrected chi connectivity index (χ2v) is 5.11. The number of hydrogen-bond donors (Lipinski definition) is 3. The van der Waals surface area contributed by atoms with Crippen LogP contribution < -0.4 is 15.4 Å². The van der Waals surface area contributed by atoms with E-state index in [0.29, 0.717) is 30.4 Å². The number of phenolic OH excluding ortho intramolecular Hbond substituents is 1. The van der Waals surface area contributed by atoms with Gasteiger partial charge in [-0.15, -0.1) is 0 Å². The van der Waals surface area contributed by atoms with Crippen LogP contribution in [-0.4, -0.2) is 40.2 Å². The van der Waals surface area contributed by atoms with Crippen LogP contribution in [0, 0.1) is 0 Å². The van der Waals surface area contributed by atoms with Crippen LogP contribution in [0.3, 0.4) is 0 Å². The molecule has 2 rings (SSSR count). The zero-order chi connectivity index (χ0) is 16.7. The highest BCUT2D eigenvalue weighted by Gasteiger charge is 2.08. The number of amides is 1. The minimum Gasteiger partial charge on any atom is -0.508 e. The first-order valence-electron chi connectivity index (χ1n) is 7.35. The summed E-state index contributed by atoms with van der Waals surface area (Å²) in [6, 6.07) is 6.08. The predicted molar refractivity (Wildman–Crippen MR) is 86.7 cm³/mol. The maximum absolute atomic E-state index is 11.9. The van der Waals surface area contributed by atoms with Crippen LogP contribution in [0.15, 0.2) is 36.7 Å². The number of nitrogens with one attached hydrogen (secondary N) is 2. The van der Waals surface area contributed by atoms with Gasteiger partial charge in [0.2, 0.25) is 0 Å². The number of aromatic hydroxyl groups is 1. The first-order chi connectivity index (χ1) is 11.1. The van der Waals surface area contributed by atoms with Crippen molar-refractivity contribution in [3.8, 4) is 11.6 Å². The Morgan fingerprint density at radius 1 is 1.17 bits per heavy atom. The smallest absolute Gasteiger partial charge is 0.257 e. The number of anilines is 1. The van der Waals surface area contributed by atoms with Gasteiger partial charge in [0.15, 0.2) is 5.82 Å².